The van der Waals surface area contributed by atoms with E-state index in [0.717, 1.165) is 0 Å². The Morgan fingerprint density at radius 1 is 1.03 bits per heavy atom. The molecule has 0 aliphatic rings. The Morgan fingerprint density at radius 2 is 1.77 bits per heavy atom. The van der Waals surface area contributed by atoms with Crippen molar-refractivity contribution in [1.82, 2.24) is 5.43 Å². The SMILES string of the molecule is O=C(Oc1ccc(/C=N\NC(=O)c2ccccc2[N+](=O)[O-])cc1)c1cccc(Cl)c1. The number of nitrogens with zero attached hydrogens (tertiary/aromatic N) is 2. The number of hydrazone groups is 1. The van der Waals surface area contributed by atoms with Gasteiger partial charge in [-0.2, -0.15) is 5.10 Å². The van der Waals surface area contributed by atoms with Crippen LogP contribution in [-0.2, 0) is 0 Å². The van der Waals surface area contributed by atoms with Crippen LogP contribution in [0.1, 0.15) is 26.3 Å². The van der Waals surface area contributed by atoms with Gasteiger partial charge < -0.3 is 4.74 Å². The Hall–Kier alpha value is -4.04. The minimum absolute atomic E-state index is 0.0945. The molecule has 150 valence electrons. The van der Waals surface area contributed by atoms with Crippen LogP contribution in [0.2, 0.25) is 5.02 Å². The molecule has 0 aromatic heterocycles. The van der Waals surface area contributed by atoms with Gasteiger partial charge in [0, 0.05) is 11.1 Å². The van der Waals surface area contributed by atoms with Crippen molar-refractivity contribution in [3.05, 3.63) is 105 Å². The molecule has 0 fully saturated rings. The number of ether oxygens (including phenoxy) is 1. The van der Waals surface area contributed by atoms with Crippen LogP contribution in [0.5, 0.6) is 5.75 Å². The fraction of sp³-hybridized carbons (Fsp3) is 0. The van der Waals surface area contributed by atoms with Crippen LogP contribution in [0.4, 0.5) is 5.69 Å². The molecule has 0 aliphatic carbocycles. The molecule has 0 unspecified atom stereocenters. The van der Waals surface area contributed by atoms with Crippen LogP contribution >= 0.6 is 11.6 Å². The topological polar surface area (TPSA) is 111 Å². The first-order chi connectivity index (χ1) is 14.4. The van der Waals surface area contributed by atoms with E-state index >= 15 is 0 Å². The molecule has 3 aromatic rings. The van der Waals surface area contributed by atoms with E-state index in [2.05, 4.69) is 10.5 Å². The first-order valence-corrected chi connectivity index (χ1v) is 8.96. The van der Waals surface area contributed by atoms with Gasteiger partial charge in [-0.25, -0.2) is 10.2 Å². The van der Waals surface area contributed by atoms with Crippen molar-refractivity contribution in [3.63, 3.8) is 0 Å². The second-order valence-electron chi connectivity index (χ2n) is 5.94. The van der Waals surface area contributed by atoms with Crippen molar-refractivity contribution in [2.75, 3.05) is 0 Å². The number of nitrogens with one attached hydrogen (secondary N) is 1. The minimum atomic E-state index is -0.703. The molecule has 0 saturated carbocycles. The van der Waals surface area contributed by atoms with Gasteiger partial charge in [0.05, 0.1) is 16.7 Å². The molecule has 3 aromatic carbocycles. The fourth-order valence-corrected chi connectivity index (χ4v) is 2.64. The Bertz CT molecular complexity index is 1130. The van der Waals surface area contributed by atoms with Crippen molar-refractivity contribution in [1.29, 1.82) is 0 Å². The number of esters is 1. The predicted molar refractivity (Wildman–Crippen MR) is 111 cm³/mol. The van der Waals surface area contributed by atoms with Gasteiger partial charge in [-0.15, -0.1) is 0 Å². The number of benzene rings is 3. The number of carbonyl (C=O) groups excluding carboxylic acids is 2. The van der Waals surface area contributed by atoms with Crippen molar-refractivity contribution >= 4 is 35.4 Å². The largest absolute Gasteiger partial charge is 0.423 e. The molecule has 8 nitrogen and oxygen atoms in total. The molecular weight excluding hydrogens is 410 g/mol. The fourth-order valence-electron chi connectivity index (χ4n) is 2.45. The number of amides is 1. The van der Waals surface area contributed by atoms with Crippen LogP contribution < -0.4 is 10.2 Å². The normalized spacial score (nSPS) is 10.6. The maximum atomic E-state index is 12.1. The highest BCUT2D eigenvalue weighted by atomic mass is 35.5. The Labute approximate surface area is 175 Å². The number of nitro groups is 1. The molecule has 0 bridgehead atoms. The van der Waals surface area contributed by atoms with E-state index in [1.165, 1.54) is 36.5 Å². The summed E-state index contributed by atoms with van der Waals surface area (Å²) in [5.74, 6) is -0.928. The summed E-state index contributed by atoms with van der Waals surface area (Å²) in [7, 11) is 0. The summed E-state index contributed by atoms with van der Waals surface area (Å²) in [5, 5.41) is 15.2. The lowest BCUT2D eigenvalue weighted by molar-refractivity contribution is -0.385. The van der Waals surface area contributed by atoms with Crippen LogP contribution in [-0.4, -0.2) is 23.0 Å². The first-order valence-electron chi connectivity index (χ1n) is 8.58. The zero-order chi connectivity index (χ0) is 21.5. The zero-order valence-electron chi connectivity index (χ0n) is 15.3. The van der Waals surface area contributed by atoms with E-state index in [-0.39, 0.29) is 11.3 Å². The van der Waals surface area contributed by atoms with Gasteiger partial charge in [0.1, 0.15) is 11.3 Å². The van der Waals surface area contributed by atoms with Gasteiger partial charge in [0.15, 0.2) is 0 Å². The lowest BCUT2D eigenvalue weighted by Crippen LogP contribution is -2.18. The van der Waals surface area contributed by atoms with Crippen molar-refractivity contribution < 1.29 is 19.2 Å². The Kier molecular flexibility index (Phi) is 6.51. The second-order valence-corrected chi connectivity index (χ2v) is 6.38. The lowest BCUT2D eigenvalue weighted by Gasteiger charge is -2.05. The van der Waals surface area contributed by atoms with Gasteiger partial charge in [0.25, 0.3) is 11.6 Å². The average molecular weight is 424 g/mol. The molecule has 9 heteroatoms. The summed E-state index contributed by atoms with van der Waals surface area (Å²) in [6.45, 7) is 0. The summed E-state index contributed by atoms with van der Waals surface area (Å²) in [4.78, 5) is 34.5. The molecule has 0 radical (unpaired) electrons. The van der Waals surface area contributed by atoms with E-state index < -0.39 is 16.8 Å². The summed E-state index contributed by atoms with van der Waals surface area (Å²) in [6, 6.07) is 18.4. The number of halogens is 1. The number of nitro benzene ring substituents is 1. The zero-order valence-corrected chi connectivity index (χ0v) is 16.1. The third-order valence-corrected chi connectivity index (χ3v) is 4.11. The standard InChI is InChI=1S/C21H14ClN3O5/c22-16-5-3-4-15(12-16)21(27)30-17-10-8-14(9-11-17)13-23-24-20(26)18-6-1-2-7-19(18)25(28)29/h1-13H,(H,24,26)/b23-13-. The summed E-state index contributed by atoms with van der Waals surface area (Å²) in [6.07, 6.45) is 1.36. The average Bonchev–Trinajstić information content (AvgIpc) is 2.74. The molecule has 3 rings (SSSR count). The van der Waals surface area contributed by atoms with E-state index in [4.69, 9.17) is 16.3 Å². The molecule has 0 saturated heterocycles. The Morgan fingerprint density at radius 3 is 2.47 bits per heavy atom. The molecule has 0 heterocycles. The molecule has 0 spiro atoms. The summed E-state index contributed by atoms with van der Waals surface area (Å²) >= 11 is 5.86. The smallest absolute Gasteiger partial charge is 0.343 e. The van der Waals surface area contributed by atoms with Crippen LogP contribution in [0.3, 0.4) is 0 Å². The molecule has 1 amide bonds. The Balaban J connectivity index is 1.60. The maximum Gasteiger partial charge on any atom is 0.343 e. The van der Waals surface area contributed by atoms with Crippen LogP contribution in [0, 0.1) is 10.1 Å². The van der Waals surface area contributed by atoms with Gasteiger partial charge in [-0.1, -0.05) is 29.8 Å². The minimum Gasteiger partial charge on any atom is -0.423 e. The number of rotatable bonds is 6. The van der Waals surface area contributed by atoms with Crippen molar-refractivity contribution in [3.8, 4) is 5.75 Å². The number of hydrogen-bond acceptors (Lipinski definition) is 6. The van der Waals surface area contributed by atoms with E-state index in [1.54, 1.807) is 42.5 Å². The molecule has 0 atom stereocenters. The molecule has 1 N–H and O–H groups in total. The van der Waals surface area contributed by atoms with Crippen molar-refractivity contribution in [2.45, 2.75) is 0 Å². The number of carbonyl (C=O) groups is 2. The van der Waals surface area contributed by atoms with E-state index in [9.17, 15) is 19.7 Å². The second kappa shape index (κ2) is 9.44. The highest BCUT2D eigenvalue weighted by Crippen LogP contribution is 2.18. The first kappa shape index (κ1) is 20.7. The van der Waals surface area contributed by atoms with Gasteiger partial charge in [-0.05, 0) is 54.1 Å². The highest BCUT2D eigenvalue weighted by Gasteiger charge is 2.18. The molecular formula is C21H14ClN3O5. The van der Waals surface area contributed by atoms with Gasteiger partial charge in [0.2, 0.25) is 0 Å². The quantitative estimate of drug-likeness (QED) is 0.210. The molecule has 30 heavy (non-hydrogen) atoms. The number of hydrogen-bond donors (Lipinski definition) is 1. The van der Waals surface area contributed by atoms with E-state index in [0.29, 0.717) is 21.9 Å². The predicted octanol–water partition coefficient (Wildman–Crippen LogP) is 4.23. The van der Waals surface area contributed by atoms with E-state index in [1.807, 2.05) is 0 Å². The van der Waals surface area contributed by atoms with Crippen molar-refractivity contribution in [2.24, 2.45) is 5.10 Å². The highest BCUT2D eigenvalue weighted by molar-refractivity contribution is 6.30. The van der Waals surface area contributed by atoms with Gasteiger partial charge in [-0.3, -0.25) is 14.9 Å². The third kappa shape index (κ3) is 5.27. The maximum absolute atomic E-state index is 12.1. The number of para-hydroxylation sites is 1. The van der Waals surface area contributed by atoms with Gasteiger partial charge >= 0.3 is 5.97 Å². The van der Waals surface area contributed by atoms with Crippen LogP contribution in [0.25, 0.3) is 0 Å². The third-order valence-electron chi connectivity index (χ3n) is 3.88. The molecule has 0 aliphatic heterocycles. The van der Waals surface area contributed by atoms with Crippen LogP contribution in [0.15, 0.2) is 77.9 Å². The monoisotopic (exact) mass is 423 g/mol. The lowest BCUT2D eigenvalue weighted by atomic mass is 10.2. The summed E-state index contributed by atoms with van der Waals surface area (Å²) < 4.78 is 5.27. The summed E-state index contributed by atoms with van der Waals surface area (Å²) in [5.41, 5.74) is 2.78.